The highest BCUT2D eigenvalue weighted by Crippen LogP contribution is 2.49. The molecule has 4 aromatic rings. The first-order valence-electron chi connectivity index (χ1n) is 25.6. The number of hydrogen-bond acceptors (Lipinski definition) is 12. The molecule has 4 saturated heterocycles. The molecule has 4 unspecified atom stereocenters. The van der Waals surface area contributed by atoms with Gasteiger partial charge in [-0.05, 0) is 61.1 Å². The Morgan fingerprint density at radius 2 is 0.908 bits per heavy atom. The summed E-state index contributed by atoms with van der Waals surface area (Å²) in [4.78, 5) is 75.7. The largest absolute Gasteiger partial charge is 0.396 e. The van der Waals surface area contributed by atoms with E-state index in [9.17, 15) is 45.5 Å². The number of amides is 4. The number of piperazine rings is 2. The van der Waals surface area contributed by atoms with Crippen LogP contribution in [-0.4, -0.2) is 141 Å². The van der Waals surface area contributed by atoms with Gasteiger partial charge >= 0.3 is 12.4 Å². The Labute approximate surface area is 446 Å². The van der Waals surface area contributed by atoms with Gasteiger partial charge in [-0.1, -0.05) is 75.2 Å². The number of halogens is 8. The van der Waals surface area contributed by atoms with Gasteiger partial charge in [-0.25, -0.2) is 19.9 Å². The van der Waals surface area contributed by atoms with Gasteiger partial charge in [0.15, 0.2) is 0 Å². The Morgan fingerprint density at radius 3 is 1.21 bits per heavy atom. The molecule has 6 aliphatic rings. The number of anilines is 4. The lowest BCUT2D eigenvalue weighted by atomic mass is 9.91. The summed E-state index contributed by atoms with van der Waals surface area (Å²) in [5.74, 6) is -6.06. The van der Waals surface area contributed by atoms with Crippen LogP contribution in [0.15, 0.2) is 61.2 Å². The molecule has 4 bridgehead atoms. The Bertz CT molecular complexity index is 2580. The van der Waals surface area contributed by atoms with E-state index in [-0.39, 0.29) is 82.5 Å². The Balaban J connectivity index is 0.000000186. The van der Waals surface area contributed by atoms with E-state index in [0.717, 1.165) is 36.8 Å². The Morgan fingerprint density at radius 1 is 0.579 bits per heavy atom. The molecular formula is C52H60Cl2F6N12O4. The topological polar surface area (TPSA) is 181 Å². The maximum atomic E-state index is 14.0. The molecule has 16 nitrogen and oxygen atoms in total. The number of benzene rings is 2. The summed E-state index contributed by atoms with van der Waals surface area (Å²) in [6.07, 6.45) is -5.25. The summed E-state index contributed by atoms with van der Waals surface area (Å²) < 4.78 is 83.7. The van der Waals surface area contributed by atoms with Crippen LogP contribution in [0.2, 0.25) is 10.0 Å². The second-order valence-electron chi connectivity index (χ2n) is 21.0. The quantitative estimate of drug-likeness (QED) is 0.100. The van der Waals surface area contributed by atoms with Crippen LogP contribution in [0.4, 0.5) is 49.6 Å². The molecule has 2 aromatic heterocycles. The maximum absolute atomic E-state index is 14.0. The fourth-order valence-corrected chi connectivity index (χ4v) is 11.9. The predicted molar refractivity (Wildman–Crippen MR) is 275 cm³/mol. The van der Waals surface area contributed by atoms with Crippen molar-refractivity contribution in [2.24, 2.45) is 0 Å². The number of nitrogens with zero attached hydrogens (tertiary/aromatic N) is 8. The minimum atomic E-state index is -4.61. The van der Waals surface area contributed by atoms with E-state index >= 15 is 0 Å². The lowest BCUT2D eigenvalue weighted by Gasteiger charge is -2.44. The molecule has 4 fully saturated rings. The molecule has 0 radical (unpaired) electrons. The zero-order chi connectivity index (χ0) is 54.4. The fraction of sp³-hybridized carbons (Fsp3) is 0.538. The maximum Gasteiger partial charge on any atom is 0.396 e. The molecule has 10 rings (SSSR count). The molecule has 4 amide bonds. The molecule has 8 atom stereocenters. The van der Waals surface area contributed by atoms with Crippen LogP contribution in [0.3, 0.4) is 0 Å². The first kappa shape index (κ1) is 54.9. The number of carbonyl (C=O) groups is 4. The number of hydrogen-bond donors (Lipinski definition) is 4. The van der Waals surface area contributed by atoms with Crippen LogP contribution in [-0.2, 0) is 19.2 Å². The van der Waals surface area contributed by atoms with Crippen LogP contribution in [0.25, 0.3) is 0 Å². The normalized spacial score (nSPS) is 23.9. The van der Waals surface area contributed by atoms with Crippen molar-refractivity contribution in [3.8, 4) is 0 Å². The van der Waals surface area contributed by atoms with Crippen molar-refractivity contribution in [1.82, 2.24) is 40.4 Å². The number of rotatable bonds is 12. The third kappa shape index (κ3) is 11.7. The molecule has 408 valence electrons. The van der Waals surface area contributed by atoms with Gasteiger partial charge in [0.05, 0.1) is 34.8 Å². The predicted octanol–water partition coefficient (Wildman–Crippen LogP) is 8.16. The molecule has 0 saturated carbocycles. The van der Waals surface area contributed by atoms with E-state index in [4.69, 9.17) is 23.2 Å². The summed E-state index contributed by atoms with van der Waals surface area (Å²) in [7, 11) is 0. The molecule has 4 N–H and O–H groups in total. The van der Waals surface area contributed by atoms with Crippen LogP contribution in [0, 0.1) is 0 Å². The zero-order valence-electron chi connectivity index (χ0n) is 42.3. The van der Waals surface area contributed by atoms with Crippen molar-refractivity contribution in [2.45, 2.75) is 138 Å². The third-order valence-electron chi connectivity index (χ3n) is 15.2. The summed E-state index contributed by atoms with van der Waals surface area (Å²) >= 11 is 12.2. The first-order valence-corrected chi connectivity index (χ1v) is 26.4. The van der Waals surface area contributed by atoms with Gasteiger partial charge in [-0.3, -0.25) is 19.2 Å². The molecule has 2 aromatic carbocycles. The number of carbonyl (C=O) groups excluding carboxylic acids is 4. The summed E-state index contributed by atoms with van der Waals surface area (Å²) in [6.45, 7) is 10.4. The Kier molecular flexibility index (Phi) is 16.1. The van der Waals surface area contributed by atoms with Crippen molar-refractivity contribution in [2.75, 3.05) is 59.7 Å². The van der Waals surface area contributed by atoms with Crippen molar-refractivity contribution in [3.05, 3.63) is 93.5 Å². The van der Waals surface area contributed by atoms with E-state index < -0.39 is 60.7 Å². The number of aromatic nitrogens is 4. The van der Waals surface area contributed by atoms with E-state index in [1.54, 1.807) is 24.3 Å². The van der Waals surface area contributed by atoms with Gasteiger partial charge in [0.25, 0.3) is 0 Å². The fourth-order valence-electron chi connectivity index (χ4n) is 11.6. The minimum Gasteiger partial charge on any atom is -0.352 e. The van der Waals surface area contributed by atoms with Crippen molar-refractivity contribution >= 4 is 70.1 Å². The number of fused-ring (bicyclic) bond motifs is 6. The van der Waals surface area contributed by atoms with Gasteiger partial charge < -0.3 is 40.9 Å². The summed E-state index contributed by atoms with van der Waals surface area (Å²) in [5, 5.41) is 12.9. The first-order chi connectivity index (χ1) is 36.0. The summed E-state index contributed by atoms with van der Waals surface area (Å²) in [5.41, 5.74) is 1.53. The monoisotopic (exact) mass is 1100 g/mol. The average Bonchev–Trinajstić information content (AvgIpc) is 3.81. The second-order valence-corrected chi connectivity index (χ2v) is 21.9. The van der Waals surface area contributed by atoms with Gasteiger partial charge in [-0.15, -0.1) is 0 Å². The van der Waals surface area contributed by atoms with Crippen LogP contribution >= 0.6 is 23.2 Å². The highest BCUT2D eigenvalue weighted by Gasteiger charge is 2.52. The van der Waals surface area contributed by atoms with Crippen LogP contribution in [0.5, 0.6) is 0 Å². The highest BCUT2D eigenvalue weighted by atomic mass is 35.5. The minimum absolute atomic E-state index is 0.00206. The van der Waals surface area contributed by atoms with E-state index in [2.05, 4.69) is 41.2 Å². The smallest absolute Gasteiger partial charge is 0.352 e. The lowest BCUT2D eigenvalue weighted by molar-refractivity contribution is -0.157. The van der Waals surface area contributed by atoms with E-state index in [1.807, 2.05) is 71.6 Å². The SMILES string of the molecule is CC(C)NC[C@@H](C(=O)N1C2CCC1CN(c1ncnc3c1[C@@H](C(F)(F)F)CC(=O)N3)C2)c1ccc(Cl)cc1.CC(C)NC[C@@H](C(=O)N1C2CCC1CN(c1ncnc3c1[C@H](C(F)(F)F)CC(=O)N3)C2)c1ccc(Cl)cc1. The third-order valence-corrected chi connectivity index (χ3v) is 15.7. The standard InChI is InChI=1S/2C26H30ClF3N6O2/c2*1-14(2)31-10-19(15-3-5-16(27)6-4-15)25(38)36-17-7-8-18(36)12-35(11-17)24-22-20(26(28,29)30)9-21(37)34-23(22)32-13-33-24/h2*3-6,13-14,17-20,31H,7-12H2,1-2H3,(H,32,33,34,37)/t17?,18?,19-,20+;17?,18?,19-,20-/m11/s1. The zero-order valence-corrected chi connectivity index (χ0v) is 43.8. The van der Waals surface area contributed by atoms with Crippen molar-refractivity contribution in [1.29, 1.82) is 0 Å². The second kappa shape index (κ2) is 22.3. The average molecular weight is 1100 g/mol. The summed E-state index contributed by atoms with van der Waals surface area (Å²) in [6, 6.07) is 14.3. The molecule has 76 heavy (non-hydrogen) atoms. The van der Waals surface area contributed by atoms with E-state index in [1.165, 1.54) is 12.7 Å². The Hall–Kier alpha value is -5.84. The van der Waals surface area contributed by atoms with Crippen molar-refractivity contribution < 1.29 is 45.5 Å². The lowest BCUT2D eigenvalue weighted by Crippen LogP contribution is -2.58. The van der Waals surface area contributed by atoms with Crippen LogP contribution in [0.1, 0.15) is 112 Å². The van der Waals surface area contributed by atoms with Gasteiger partial charge in [0, 0.05) is 98.4 Å². The number of alkyl halides is 6. The number of nitrogens with one attached hydrogen (secondary N) is 4. The van der Waals surface area contributed by atoms with Crippen molar-refractivity contribution in [3.63, 3.8) is 0 Å². The molecule has 0 aliphatic carbocycles. The van der Waals surface area contributed by atoms with Crippen LogP contribution < -0.4 is 31.1 Å². The molecule has 0 spiro atoms. The van der Waals surface area contributed by atoms with Gasteiger partial charge in [0.2, 0.25) is 23.6 Å². The molecule has 24 heteroatoms. The highest BCUT2D eigenvalue weighted by molar-refractivity contribution is 6.30. The van der Waals surface area contributed by atoms with Gasteiger partial charge in [-0.2, -0.15) is 26.3 Å². The molecule has 6 aliphatic heterocycles. The molecular weight excluding hydrogens is 1040 g/mol. The van der Waals surface area contributed by atoms with Gasteiger partial charge in [0.1, 0.15) is 35.9 Å². The van der Waals surface area contributed by atoms with E-state index in [0.29, 0.717) is 49.3 Å². The molecule has 8 heterocycles.